The monoisotopic (exact) mass is 399 g/mol. The van der Waals surface area contributed by atoms with Gasteiger partial charge in [0.25, 0.3) is 11.8 Å². The number of hydrogen-bond acceptors (Lipinski definition) is 4. The van der Waals surface area contributed by atoms with Crippen molar-refractivity contribution in [3.05, 3.63) is 95.7 Å². The number of aromatic amines is 1. The molecule has 0 unspecified atom stereocenters. The maximum absolute atomic E-state index is 12.5. The molecule has 0 saturated heterocycles. The lowest BCUT2D eigenvalue weighted by Gasteiger charge is -2.07. The number of nitrogens with one attached hydrogen (secondary N) is 3. The largest absolute Gasteiger partial charge is 0.361 e. The predicted molar refractivity (Wildman–Crippen MR) is 114 cm³/mol. The van der Waals surface area contributed by atoms with Crippen LogP contribution in [-0.4, -0.2) is 33.3 Å². The second-order valence-corrected chi connectivity index (χ2v) is 6.84. The van der Waals surface area contributed by atoms with Gasteiger partial charge < -0.3 is 15.6 Å². The second-order valence-electron chi connectivity index (χ2n) is 6.84. The van der Waals surface area contributed by atoms with Gasteiger partial charge in [0.1, 0.15) is 5.69 Å². The molecule has 0 fully saturated rings. The van der Waals surface area contributed by atoms with Crippen LogP contribution in [0.4, 0.5) is 0 Å². The molecule has 0 aliphatic carbocycles. The summed E-state index contributed by atoms with van der Waals surface area (Å²) in [5.74, 6) is -0.578. The smallest absolute Gasteiger partial charge is 0.269 e. The van der Waals surface area contributed by atoms with Gasteiger partial charge in [0.15, 0.2) is 0 Å². The Labute approximate surface area is 173 Å². The van der Waals surface area contributed by atoms with Crippen LogP contribution in [0.1, 0.15) is 32.0 Å². The number of carbonyl (C=O) groups excluding carboxylic acids is 2. The molecule has 4 rings (SSSR count). The lowest BCUT2D eigenvalue weighted by atomic mass is 10.1. The average molecular weight is 399 g/mol. The molecule has 0 radical (unpaired) electrons. The maximum Gasteiger partial charge on any atom is 0.269 e. The summed E-state index contributed by atoms with van der Waals surface area (Å²) in [7, 11) is 0. The van der Waals surface area contributed by atoms with E-state index in [9.17, 15) is 9.59 Å². The highest BCUT2D eigenvalue weighted by molar-refractivity contribution is 5.98. The highest BCUT2D eigenvalue weighted by Crippen LogP contribution is 2.17. The molecule has 0 saturated carbocycles. The highest BCUT2D eigenvalue weighted by Gasteiger charge is 2.12. The summed E-state index contributed by atoms with van der Waals surface area (Å²) < 4.78 is 0. The number of aromatic nitrogens is 3. The van der Waals surface area contributed by atoms with Crippen LogP contribution in [0.5, 0.6) is 0 Å². The second kappa shape index (κ2) is 9.00. The lowest BCUT2D eigenvalue weighted by molar-refractivity contribution is 0.0949. The number of hydrogen-bond donors (Lipinski definition) is 3. The van der Waals surface area contributed by atoms with Gasteiger partial charge >= 0.3 is 0 Å². The SMILES string of the molecule is O=C(NCc1cccnc1)c1ccnc(C(=O)NCCc2c[nH]c3ccccc23)c1. The van der Waals surface area contributed by atoms with Crippen molar-refractivity contribution < 1.29 is 9.59 Å². The molecule has 150 valence electrons. The third-order valence-corrected chi connectivity index (χ3v) is 4.79. The minimum atomic E-state index is -0.309. The first kappa shape index (κ1) is 19.3. The number of para-hydroxylation sites is 1. The van der Waals surface area contributed by atoms with E-state index < -0.39 is 0 Å². The van der Waals surface area contributed by atoms with Crippen LogP contribution in [0.15, 0.2) is 73.3 Å². The van der Waals surface area contributed by atoms with Crippen LogP contribution >= 0.6 is 0 Å². The van der Waals surface area contributed by atoms with Crippen LogP contribution in [-0.2, 0) is 13.0 Å². The van der Waals surface area contributed by atoms with E-state index in [1.54, 1.807) is 18.5 Å². The molecule has 7 heteroatoms. The summed E-state index contributed by atoms with van der Waals surface area (Å²) in [5.41, 5.74) is 3.71. The van der Waals surface area contributed by atoms with Crippen molar-refractivity contribution in [2.75, 3.05) is 6.54 Å². The van der Waals surface area contributed by atoms with E-state index in [0.717, 1.165) is 22.0 Å². The number of benzene rings is 1. The van der Waals surface area contributed by atoms with Gasteiger partial charge in [-0.3, -0.25) is 19.6 Å². The molecular formula is C23H21N5O2. The summed E-state index contributed by atoms with van der Waals surface area (Å²) in [6.45, 7) is 0.834. The zero-order valence-corrected chi connectivity index (χ0v) is 16.3. The van der Waals surface area contributed by atoms with Gasteiger partial charge in [-0.15, -0.1) is 0 Å². The Morgan fingerprint density at radius 3 is 2.73 bits per heavy atom. The standard InChI is InChI=1S/C23H21N5O2/c29-22(28-14-16-4-3-9-24-13-16)17-7-10-25-21(12-17)23(30)26-11-8-18-15-27-20-6-2-1-5-19(18)20/h1-7,9-10,12-13,15,27H,8,11,14H2,(H,26,30)(H,28,29). The topological polar surface area (TPSA) is 99.8 Å². The van der Waals surface area contributed by atoms with Crippen molar-refractivity contribution in [2.45, 2.75) is 13.0 Å². The van der Waals surface area contributed by atoms with Crippen molar-refractivity contribution >= 4 is 22.7 Å². The molecule has 2 amide bonds. The number of fused-ring (bicyclic) bond motifs is 1. The van der Waals surface area contributed by atoms with E-state index >= 15 is 0 Å². The fraction of sp³-hybridized carbons (Fsp3) is 0.130. The quantitative estimate of drug-likeness (QED) is 0.445. The normalized spacial score (nSPS) is 10.7. The Balaban J connectivity index is 1.33. The molecule has 7 nitrogen and oxygen atoms in total. The molecule has 0 spiro atoms. The zero-order valence-electron chi connectivity index (χ0n) is 16.3. The number of H-pyrrole nitrogens is 1. The molecule has 0 aliphatic rings. The fourth-order valence-corrected chi connectivity index (χ4v) is 3.22. The van der Waals surface area contributed by atoms with E-state index in [4.69, 9.17) is 0 Å². The Morgan fingerprint density at radius 1 is 0.967 bits per heavy atom. The number of nitrogens with zero attached hydrogens (tertiary/aromatic N) is 2. The minimum absolute atomic E-state index is 0.211. The molecule has 30 heavy (non-hydrogen) atoms. The number of rotatable bonds is 7. The molecule has 0 aliphatic heterocycles. The van der Waals surface area contributed by atoms with Gasteiger partial charge in [-0.25, -0.2) is 0 Å². The zero-order chi connectivity index (χ0) is 20.8. The molecule has 4 aromatic rings. The molecular weight excluding hydrogens is 378 g/mol. The summed E-state index contributed by atoms with van der Waals surface area (Å²) in [6.07, 6.45) is 7.49. The number of pyridine rings is 2. The van der Waals surface area contributed by atoms with Gasteiger partial charge in [-0.05, 0) is 41.8 Å². The summed E-state index contributed by atoms with van der Waals surface area (Å²) in [4.78, 5) is 36.2. The third-order valence-electron chi connectivity index (χ3n) is 4.79. The van der Waals surface area contributed by atoms with Gasteiger partial charge in [-0.2, -0.15) is 0 Å². The van der Waals surface area contributed by atoms with E-state index in [1.807, 2.05) is 36.5 Å². The summed E-state index contributed by atoms with van der Waals surface area (Å²) in [6, 6.07) is 14.8. The molecule has 0 bridgehead atoms. The van der Waals surface area contributed by atoms with E-state index in [0.29, 0.717) is 25.1 Å². The van der Waals surface area contributed by atoms with Crippen molar-refractivity contribution in [1.82, 2.24) is 25.6 Å². The summed E-state index contributed by atoms with van der Waals surface area (Å²) in [5, 5.41) is 6.84. The van der Waals surface area contributed by atoms with E-state index in [-0.39, 0.29) is 17.5 Å². The minimum Gasteiger partial charge on any atom is -0.361 e. The highest BCUT2D eigenvalue weighted by atomic mass is 16.2. The lowest BCUT2D eigenvalue weighted by Crippen LogP contribution is -2.27. The predicted octanol–water partition coefficient (Wildman–Crippen LogP) is 2.86. The van der Waals surface area contributed by atoms with Crippen molar-refractivity contribution in [3.63, 3.8) is 0 Å². The molecule has 3 aromatic heterocycles. The first-order valence-electron chi connectivity index (χ1n) is 9.67. The van der Waals surface area contributed by atoms with Crippen molar-refractivity contribution in [1.29, 1.82) is 0 Å². The van der Waals surface area contributed by atoms with Crippen molar-refractivity contribution in [2.24, 2.45) is 0 Å². The first-order chi connectivity index (χ1) is 14.7. The molecule has 3 heterocycles. The van der Waals surface area contributed by atoms with Crippen LogP contribution in [0.2, 0.25) is 0 Å². The van der Waals surface area contributed by atoms with Gasteiger partial charge in [-0.1, -0.05) is 24.3 Å². The maximum atomic E-state index is 12.5. The summed E-state index contributed by atoms with van der Waals surface area (Å²) >= 11 is 0. The molecule has 0 atom stereocenters. The van der Waals surface area contributed by atoms with Crippen molar-refractivity contribution in [3.8, 4) is 0 Å². The Hall–Kier alpha value is -4.00. The number of carbonyl (C=O) groups is 2. The van der Waals surface area contributed by atoms with Gasteiger partial charge in [0, 0.05) is 54.3 Å². The Bertz CT molecular complexity index is 1170. The average Bonchev–Trinajstić information content (AvgIpc) is 3.21. The Kier molecular flexibility index (Phi) is 5.80. The number of amides is 2. The van der Waals surface area contributed by atoms with Gasteiger partial charge in [0.05, 0.1) is 0 Å². The van der Waals surface area contributed by atoms with Gasteiger partial charge in [0.2, 0.25) is 0 Å². The Morgan fingerprint density at radius 2 is 1.87 bits per heavy atom. The molecule has 1 aromatic carbocycles. The van der Waals surface area contributed by atoms with Crippen LogP contribution < -0.4 is 10.6 Å². The van der Waals surface area contributed by atoms with E-state index in [2.05, 4.69) is 31.7 Å². The third kappa shape index (κ3) is 4.52. The fourth-order valence-electron chi connectivity index (χ4n) is 3.22. The van der Waals surface area contributed by atoms with Crippen LogP contribution in [0.3, 0.4) is 0 Å². The van der Waals surface area contributed by atoms with Crippen LogP contribution in [0.25, 0.3) is 10.9 Å². The molecule has 3 N–H and O–H groups in total. The van der Waals surface area contributed by atoms with Crippen LogP contribution in [0, 0.1) is 0 Å². The van der Waals surface area contributed by atoms with E-state index in [1.165, 1.54) is 12.3 Å². The first-order valence-corrected chi connectivity index (χ1v) is 9.67.